The molecule has 0 aliphatic rings. The van der Waals surface area contributed by atoms with E-state index in [0.717, 1.165) is 21.7 Å². The molecule has 89 heavy (non-hydrogen) atoms. The first-order valence-electron chi connectivity index (χ1n) is 25.2. The Morgan fingerprint density at radius 2 is 0.708 bits per heavy atom. The highest BCUT2D eigenvalue weighted by atomic mass is 19.4. The second kappa shape index (κ2) is 22.5. The second-order valence-electron chi connectivity index (χ2n) is 20.1. The molecule has 0 unspecified atom stereocenters. The Morgan fingerprint density at radius 3 is 1.06 bits per heavy atom. The van der Waals surface area contributed by atoms with Gasteiger partial charge in [-0.1, -0.05) is 121 Å². The van der Waals surface area contributed by atoms with E-state index >= 15 is 0 Å². The molecule has 0 spiro atoms. The third-order valence-corrected chi connectivity index (χ3v) is 14.3. The van der Waals surface area contributed by atoms with Gasteiger partial charge >= 0.3 is 55.4 Å². The van der Waals surface area contributed by atoms with E-state index in [2.05, 4.69) is 53.5 Å². The summed E-state index contributed by atoms with van der Waals surface area (Å²) in [6, 6.07) is 19.8. The average Bonchev–Trinajstić information content (AvgIpc) is 0.757. The lowest BCUT2D eigenvalue weighted by Crippen LogP contribution is -2.75. The number of aromatic nitrogens is 2. The van der Waals surface area contributed by atoms with Crippen molar-refractivity contribution in [1.29, 1.82) is 0 Å². The molecule has 0 aliphatic heterocycles. The van der Waals surface area contributed by atoms with Crippen LogP contribution in [0.3, 0.4) is 0 Å². The molecule has 29 heteroatoms. The van der Waals surface area contributed by atoms with Crippen molar-refractivity contribution < 1.29 is 119 Å². The summed E-state index contributed by atoms with van der Waals surface area (Å²) in [5, 5.41) is 6.72. The van der Waals surface area contributed by atoms with E-state index in [1.165, 1.54) is 16.2 Å². The minimum atomic E-state index is -6.13. The zero-order chi connectivity index (χ0) is 65.4. The van der Waals surface area contributed by atoms with Gasteiger partial charge in [0.05, 0.1) is 50.7 Å². The maximum Gasteiger partial charge on any atom is 0.416 e. The highest BCUT2D eigenvalue weighted by Gasteiger charge is 2.47. The van der Waals surface area contributed by atoms with Crippen LogP contribution in [0, 0.1) is 0 Å². The second-order valence-corrected chi connectivity index (χ2v) is 20.1. The van der Waals surface area contributed by atoms with Gasteiger partial charge in [0.15, 0.2) is 12.7 Å². The molecule has 1 heterocycles. The van der Waals surface area contributed by atoms with E-state index < -0.39 is 201 Å². The predicted molar refractivity (Wildman–Crippen MR) is 275 cm³/mol. The molecular weight excluding hydrogens is 1250 g/mol. The van der Waals surface area contributed by atoms with Gasteiger partial charge in [0.1, 0.15) is 11.9 Å². The topological polar surface area (TPSA) is 43.1 Å². The number of benzene rings is 9. The maximum atomic E-state index is 14.2. The van der Waals surface area contributed by atoms with E-state index in [1.54, 1.807) is 12.4 Å². The SMILES string of the molecule is FC(F)(F)c1cc([B-](c2cc(C(F)(F)F)cc(C(F)(F)F)c2)(c2cc(C(F)(F)F)cc(C(F)(F)F)c2)c2cc(C(F)(F)F)cc(C(F)(F)F)c2)cc(C(F)(F)F)c1.O=C(Oc1ccc2ccc3cccc4ccc1c2c34)c1c[n+](Cc2ccccc2)ccn1. The molecule has 0 saturated carbocycles. The first kappa shape index (κ1) is 64.4. The lowest BCUT2D eigenvalue weighted by atomic mass is 9.12. The highest BCUT2D eigenvalue weighted by molar-refractivity contribution is 7.20. The van der Waals surface area contributed by atoms with Crippen LogP contribution in [-0.2, 0) is 56.0 Å². The standard InChI is InChI=1S/C32H12BF24.C28H19N2O2/c34-25(35,36)13-1-14(26(37,38)39)6-21(5-13)33(22-7-15(27(40,41)42)2-16(8-22)28(43,44)45,23-9-17(29(46,47)48)3-18(10-23)30(49,50)51)24-11-19(31(52,53)54)4-20(12-24)32(55,56)57;31-28(24-18-30(16-15-29-24)17-19-5-2-1-3-6-19)32-25-14-12-22-10-9-20-7-4-8-21-11-13-23(25)27(22)26(20)21/h1-12H;1-16,18H,17H2/q-1;+1. The van der Waals surface area contributed by atoms with Gasteiger partial charge in [-0.25, -0.2) is 9.78 Å². The maximum absolute atomic E-state index is 14.2. The Hall–Kier alpha value is -9.05. The van der Waals surface area contributed by atoms with Crippen molar-refractivity contribution in [3.8, 4) is 5.75 Å². The van der Waals surface area contributed by atoms with Crippen LogP contribution in [0.15, 0.2) is 176 Å². The quantitative estimate of drug-likeness (QED) is 0.0380. The summed E-state index contributed by atoms with van der Waals surface area (Å²) in [7, 11) is 0. The van der Waals surface area contributed by atoms with Crippen LogP contribution in [0.25, 0.3) is 32.3 Å². The van der Waals surface area contributed by atoms with Crippen molar-refractivity contribution >= 4 is 66.3 Å². The molecule has 10 rings (SSSR count). The average molecular weight is 1280 g/mol. The first-order chi connectivity index (χ1) is 41.0. The number of ether oxygens (including phenoxy) is 1. The lowest BCUT2D eigenvalue weighted by molar-refractivity contribution is -0.689. The number of esters is 1. The summed E-state index contributed by atoms with van der Waals surface area (Å²) < 4.78 is 349. The van der Waals surface area contributed by atoms with Crippen LogP contribution in [0.4, 0.5) is 105 Å². The summed E-state index contributed by atoms with van der Waals surface area (Å²) >= 11 is 0. The molecule has 0 amide bonds. The molecule has 0 bridgehead atoms. The van der Waals surface area contributed by atoms with Crippen LogP contribution in [0.1, 0.15) is 60.6 Å². The molecule has 9 aromatic carbocycles. The first-order valence-corrected chi connectivity index (χ1v) is 25.2. The third-order valence-electron chi connectivity index (χ3n) is 14.3. The Morgan fingerprint density at radius 1 is 0.382 bits per heavy atom. The monoisotopic (exact) mass is 1280 g/mol. The minimum absolute atomic E-state index is 0.272. The number of hydrogen-bond acceptors (Lipinski definition) is 3. The van der Waals surface area contributed by atoms with Crippen molar-refractivity contribution in [2.24, 2.45) is 0 Å². The smallest absolute Gasteiger partial charge is 0.416 e. The van der Waals surface area contributed by atoms with E-state index in [-0.39, 0.29) is 5.69 Å². The summed E-state index contributed by atoms with van der Waals surface area (Å²) in [5.74, 6) is 0.0726. The number of halogens is 24. The Kier molecular flexibility index (Phi) is 16.3. The largest absolute Gasteiger partial charge is 0.421 e. The van der Waals surface area contributed by atoms with Crippen molar-refractivity contribution in [2.45, 2.75) is 56.0 Å². The Balaban J connectivity index is 0.000000245. The van der Waals surface area contributed by atoms with Gasteiger partial charge in [-0.2, -0.15) is 132 Å². The molecule has 0 radical (unpaired) electrons. The van der Waals surface area contributed by atoms with Crippen molar-refractivity contribution in [2.75, 3.05) is 0 Å². The van der Waals surface area contributed by atoms with E-state index in [4.69, 9.17) is 4.74 Å². The number of rotatable bonds is 8. The molecule has 10 aromatic rings. The number of carbonyl (C=O) groups excluding carboxylic acids is 1. The van der Waals surface area contributed by atoms with Crippen LogP contribution in [0.2, 0.25) is 0 Å². The number of hydrogen-bond donors (Lipinski definition) is 0. The summed E-state index contributed by atoms with van der Waals surface area (Å²) in [6.07, 6.45) is -49.6. The summed E-state index contributed by atoms with van der Waals surface area (Å²) in [5.41, 5.74) is -28.8. The predicted octanol–water partition coefficient (Wildman–Crippen LogP) is 16.7. The van der Waals surface area contributed by atoms with Gasteiger partial charge in [0.25, 0.3) is 0 Å². The molecule has 0 atom stereocenters. The van der Waals surface area contributed by atoms with Crippen LogP contribution in [0.5, 0.6) is 5.75 Å². The molecule has 0 aliphatic carbocycles. The van der Waals surface area contributed by atoms with Crippen molar-refractivity contribution in [3.05, 3.63) is 232 Å². The summed E-state index contributed by atoms with van der Waals surface area (Å²) in [4.78, 5) is 17.2. The van der Waals surface area contributed by atoms with E-state index in [9.17, 15) is 110 Å². The third kappa shape index (κ3) is 13.5. The number of alkyl halides is 24. The van der Waals surface area contributed by atoms with Gasteiger partial charge in [0.2, 0.25) is 11.9 Å². The van der Waals surface area contributed by atoms with E-state index in [0.29, 0.717) is 12.3 Å². The Bertz CT molecular complexity index is 3840. The molecule has 1 aromatic heterocycles. The van der Waals surface area contributed by atoms with Crippen molar-refractivity contribution in [1.82, 2.24) is 4.98 Å². The molecule has 0 saturated heterocycles. The van der Waals surface area contributed by atoms with Gasteiger partial charge in [0, 0.05) is 16.3 Å². The zero-order valence-corrected chi connectivity index (χ0v) is 43.8. The minimum Gasteiger partial charge on any atom is -0.421 e. The summed E-state index contributed by atoms with van der Waals surface area (Å²) in [6.45, 7) is 0.655. The molecule has 0 fully saturated rings. The van der Waals surface area contributed by atoms with Gasteiger partial charge < -0.3 is 4.74 Å². The molecular formula is C60H31BF24N2O2. The van der Waals surface area contributed by atoms with Crippen LogP contribution in [-0.4, -0.2) is 17.1 Å². The van der Waals surface area contributed by atoms with E-state index in [1.807, 2.05) is 47.2 Å². The fourth-order valence-corrected chi connectivity index (χ4v) is 10.5. The fraction of sp³-hybridized carbons (Fsp3) is 0.150. The molecule has 0 N–H and O–H groups in total. The molecule has 4 nitrogen and oxygen atoms in total. The van der Waals surface area contributed by atoms with Crippen molar-refractivity contribution in [3.63, 3.8) is 0 Å². The zero-order valence-electron chi connectivity index (χ0n) is 43.8. The number of nitrogens with zero attached hydrogens (tertiary/aromatic N) is 2. The van der Waals surface area contributed by atoms with Gasteiger partial charge in [-0.15, -0.1) is 0 Å². The van der Waals surface area contributed by atoms with Gasteiger partial charge in [-0.3, -0.25) is 0 Å². The molecule has 464 valence electrons. The lowest BCUT2D eigenvalue weighted by Gasteiger charge is -2.46. The number of carbonyl (C=O) groups is 1. The van der Waals surface area contributed by atoms with Crippen LogP contribution < -0.4 is 31.2 Å². The van der Waals surface area contributed by atoms with Crippen LogP contribution >= 0.6 is 0 Å². The fourth-order valence-electron chi connectivity index (χ4n) is 10.5. The normalized spacial score (nSPS) is 13.3. The Labute approximate surface area is 483 Å². The highest BCUT2D eigenvalue weighted by Crippen LogP contribution is 2.43. The van der Waals surface area contributed by atoms with Gasteiger partial charge in [-0.05, 0) is 57.9 Å².